The Balaban J connectivity index is 1.74. The summed E-state index contributed by atoms with van der Waals surface area (Å²) >= 11 is 0. The number of pyridine rings is 1. The third-order valence-electron chi connectivity index (χ3n) is 3.95. The summed E-state index contributed by atoms with van der Waals surface area (Å²) in [5.74, 6) is 0. The molecule has 2 heterocycles. The number of nitrogens with zero attached hydrogens (tertiary/aromatic N) is 2. The summed E-state index contributed by atoms with van der Waals surface area (Å²) in [5, 5.41) is 11.5. The SMILES string of the molecule is N#Cc1ncc(NC2OC2C2(N)CCC2)cc1C(F)(F)F. The summed E-state index contributed by atoms with van der Waals surface area (Å²) in [5.41, 5.74) is 4.19. The molecule has 5 nitrogen and oxygen atoms in total. The van der Waals surface area contributed by atoms with Crippen LogP contribution in [0.4, 0.5) is 18.9 Å². The van der Waals surface area contributed by atoms with Gasteiger partial charge in [0.05, 0.1) is 17.4 Å². The molecule has 0 radical (unpaired) electrons. The Kier molecular flexibility index (Phi) is 3.07. The monoisotopic (exact) mass is 298 g/mol. The van der Waals surface area contributed by atoms with Gasteiger partial charge in [-0.2, -0.15) is 18.4 Å². The number of alkyl halides is 3. The van der Waals surface area contributed by atoms with Gasteiger partial charge >= 0.3 is 6.18 Å². The first-order valence-corrected chi connectivity index (χ1v) is 6.52. The van der Waals surface area contributed by atoms with Crippen LogP contribution in [-0.2, 0) is 10.9 Å². The lowest BCUT2D eigenvalue weighted by atomic mass is 9.75. The molecule has 3 N–H and O–H groups in total. The summed E-state index contributed by atoms with van der Waals surface area (Å²) in [6.07, 6.45) is -1.26. The number of nitriles is 1. The maximum atomic E-state index is 12.8. The summed E-state index contributed by atoms with van der Waals surface area (Å²) in [6, 6.07) is 2.31. The number of hydrogen-bond donors (Lipinski definition) is 2. The molecule has 0 amide bonds. The second-order valence-corrected chi connectivity index (χ2v) is 5.44. The molecule has 2 aliphatic rings. The zero-order valence-corrected chi connectivity index (χ0v) is 10.9. The van der Waals surface area contributed by atoms with E-state index in [1.807, 2.05) is 0 Å². The Morgan fingerprint density at radius 2 is 2.19 bits per heavy atom. The van der Waals surface area contributed by atoms with Gasteiger partial charge < -0.3 is 15.8 Å². The van der Waals surface area contributed by atoms with Gasteiger partial charge in [0.25, 0.3) is 0 Å². The minimum absolute atomic E-state index is 0.164. The van der Waals surface area contributed by atoms with Crippen molar-refractivity contribution in [2.45, 2.75) is 43.3 Å². The number of nitrogens with one attached hydrogen (secondary N) is 1. The molecular weight excluding hydrogens is 285 g/mol. The molecule has 1 aliphatic carbocycles. The minimum Gasteiger partial charge on any atom is -0.357 e. The highest BCUT2D eigenvalue weighted by atomic mass is 19.4. The van der Waals surface area contributed by atoms with Gasteiger partial charge in [-0.05, 0) is 25.3 Å². The summed E-state index contributed by atoms with van der Waals surface area (Å²) in [6.45, 7) is 0. The second-order valence-electron chi connectivity index (χ2n) is 5.44. The maximum absolute atomic E-state index is 12.8. The van der Waals surface area contributed by atoms with E-state index >= 15 is 0 Å². The fraction of sp³-hybridized carbons (Fsp3) is 0.538. The molecule has 0 bridgehead atoms. The molecule has 21 heavy (non-hydrogen) atoms. The standard InChI is InChI=1S/C13H13F3N4O/c14-13(15,16)8-4-7(6-19-9(8)5-17)20-11-10(21-11)12(18)2-1-3-12/h4,6,10-11,20H,1-3,18H2. The Bertz CT molecular complexity index is 606. The molecule has 1 saturated carbocycles. The molecular formula is C13H13F3N4O. The highest BCUT2D eigenvalue weighted by Gasteiger charge is 2.55. The number of aromatic nitrogens is 1. The van der Waals surface area contributed by atoms with E-state index in [4.69, 9.17) is 15.7 Å². The second kappa shape index (κ2) is 4.58. The van der Waals surface area contributed by atoms with E-state index in [0.717, 1.165) is 25.3 Å². The van der Waals surface area contributed by atoms with Gasteiger partial charge in [0, 0.05) is 5.54 Å². The fourth-order valence-electron chi connectivity index (χ4n) is 2.54. The van der Waals surface area contributed by atoms with Gasteiger partial charge in [0.15, 0.2) is 11.9 Å². The lowest BCUT2D eigenvalue weighted by Gasteiger charge is -2.36. The van der Waals surface area contributed by atoms with E-state index < -0.39 is 23.7 Å². The molecule has 1 aromatic rings. The zero-order chi connectivity index (χ0) is 15.3. The van der Waals surface area contributed by atoms with E-state index in [1.165, 1.54) is 12.3 Å². The van der Waals surface area contributed by atoms with Crippen LogP contribution in [0.2, 0.25) is 0 Å². The van der Waals surface area contributed by atoms with Gasteiger partial charge in [-0.1, -0.05) is 0 Å². The summed E-state index contributed by atoms with van der Waals surface area (Å²) in [4.78, 5) is 3.54. The minimum atomic E-state index is -4.62. The normalized spacial score (nSPS) is 26.6. The van der Waals surface area contributed by atoms with Crippen LogP contribution in [0.5, 0.6) is 0 Å². The van der Waals surface area contributed by atoms with Crippen molar-refractivity contribution in [1.82, 2.24) is 4.98 Å². The average Bonchev–Trinajstić information content (AvgIpc) is 3.14. The third kappa shape index (κ3) is 2.54. The molecule has 1 aromatic heterocycles. The van der Waals surface area contributed by atoms with Gasteiger partial charge in [-0.3, -0.25) is 0 Å². The van der Waals surface area contributed by atoms with Crippen molar-refractivity contribution in [3.05, 3.63) is 23.5 Å². The highest BCUT2D eigenvalue weighted by molar-refractivity contribution is 5.50. The van der Waals surface area contributed by atoms with Crippen molar-refractivity contribution in [3.63, 3.8) is 0 Å². The molecule has 112 valence electrons. The third-order valence-corrected chi connectivity index (χ3v) is 3.95. The van der Waals surface area contributed by atoms with Crippen LogP contribution >= 0.6 is 0 Å². The summed E-state index contributed by atoms with van der Waals surface area (Å²) < 4.78 is 43.9. The molecule has 2 fully saturated rings. The molecule has 0 spiro atoms. The predicted molar refractivity (Wildman–Crippen MR) is 67.0 cm³/mol. The maximum Gasteiger partial charge on any atom is 0.419 e. The Morgan fingerprint density at radius 1 is 1.48 bits per heavy atom. The lowest BCUT2D eigenvalue weighted by molar-refractivity contribution is -0.138. The molecule has 0 aromatic carbocycles. The zero-order valence-electron chi connectivity index (χ0n) is 10.9. The number of hydrogen-bond acceptors (Lipinski definition) is 5. The van der Waals surface area contributed by atoms with Crippen LogP contribution in [0.1, 0.15) is 30.5 Å². The largest absolute Gasteiger partial charge is 0.419 e. The number of anilines is 1. The molecule has 8 heteroatoms. The fourth-order valence-corrected chi connectivity index (χ4v) is 2.54. The van der Waals surface area contributed by atoms with Gasteiger partial charge in [-0.25, -0.2) is 4.98 Å². The Morgan fingerprint density at radius 3 is 2.71 bits per heavy atom. The van der Waals surface area contributed by atoms with E-state index in [2.05, 4.69) is 10.3 Å². The number of rotatable bonds is 3. The topological polar surface area (TPSA) is 87.3 Å². The van der Waals surface area contributed by atoms with Crippen LogP contribution in [0.15, 0.2) is 12.3 Å². The van der Waals surface area contributed by atoms with Gasteiger partial charge in [-0.15, -0.1) is 0 Å². The van der Waals surface area contributed by atoms with Crippen molar-refractivity contribution < 1.29 is 17.9 Å². The number of ether oxygens (including phenoxy) is 1. The van der Waals surface area contributed by atoms with Gasteiger partial charge in [0.1, 0.15) is 12.2 Å². The van der Waals surface area contributed by atoms with Crippen LogP contribution in [-0.4, -0.2) is 22.9 Å². The van der Waals surface area contributed by atoms with Crippen molar-refractivity contribution in [1.29, 1.82) is 5.26 Å². The van der Waals surface area contributed by atoms with Crippen molar-refractivity contribution in [3.8, 4) is 6.07 Å². The molecule has 3 rings (SSSR count). The first-order chi connectivity index (χ1) is 9.83. The molecule has 2 unspecified atom stereocenters. The number of halogens is 3. The highest BCUT2D eigenvalue weighted by Crippen LogP contribution is 2.43. The molecule has 2 atom stereocenters. The van der Waals surface area contributed by atoms with Crippen LogP contribution < -0.4 is 11.1 Å². The Labute approximate surface area is 118 Å². The predicted octanol–water partition coefficient (Wildman–Crippen LogP) is 1.99. The van der Waals surface area contributed by atoms with Crippen molar-refractivity contribution in [2.24, 2.45) is 5.73 Å². The first-order valence-electron chi connectivity index (χ1n) is 6.52. The smallest absolute Gasteiger partial charge is 0.357 e. The van der Waals surface area contributed by atoms with Crippen molar-refractivity contribution in [2.75, 3.05) is 5.32 Å². The van der Waals surface area contributed by atoms with E-state index in [9.17, 15) is 13.2 Å². The summed E-state index contributed by atoms with van der Waals surface area (Å²) in [7, 11) is 0. The van der Waals surface area contributed by atoms with E-state index in [1.54, 1.807) is 0 Å². The quantitative estimate of drug-likeness (QED) is 0.833. The van der Waals surface area contributed by atoms with E-state index in [-0.39, 0.29) is 17.3 Å². The Hall–Kier alpha value is -1.85. The van der Waals surface area contributed by atoms with Gasteiger partial charge in [0.2, 0.25) is 0 Å². The molecule has 1 saturated heterocycles. The first kappa shape index (κ1) is 14.1. The number of epoxide rings is 1. The van der Waals surface area contributed by atoms with Crippen LogP contribution in [0.3, 0.4) is 0 Å². The van der Waals surface area contributed by atoms with E-state index in [0.29, 0.717) is 0 Å². The molecule has 1 aliphatic heterocycles. The van der Waals surface area contributed by atoms with Crippen LogP contribution in [0.25, 0.3) is 0 Å². The lowest BCUT2D eigenvalue weighted by Crippen LogP contribution is -2.52. The number of nitrogens with two attached hydrogens (primary N) is 1. The van der Waals surface area contributed by atoms with Crippen molar-refractivity contribution >= 4 is 5.69 Å². The average molecular weight is 298 g/mol. The van der Waals surface area contributed by atoms with Crippen LogP contribution in [0, 0.1) is 11.3 Å².